The molecule has 2 aliphatic rings. The van der Waals surface area contributed by atoms with Gasteiger partial charge in [-0.05, 0) is 81.8 Å². The molecule has 0 bridgehead atoms. The molecule has 7 nitrogen and oxygen atoms in total. The fraction of sp³-hybridized carbons (Fsp3) is 0.552. The van der Waals surface area contributed by atoms with Gasteiger partial charge in [0.2, 0.25) is 15.9 Å². The fourth-order valence-electron chi connectivity index (χ4n) is 5.51. The number of sulfonamides is 1. The van der Waals surface area contributed by atoms with Crippen molar-refractivity contribution in [2.45, 2.75) is 70.4 Å². The van der Waals surface area contributed by atoms with Gasteiger partial charge in [0.15, 0.2) is 0 Å². The number of morpholine rings is 1. The highest BCUT2D eigenvalue weighted by Gasteiger charge is 2.47. The first-order chi connectivity index (χ1) is 17.5. The third-order valence-electron chi connectivity index (χ3n) is 7.46. The van der Waals surface area contributed by atoms with Gasteiger partial charge in [0.25, 0.3) is 0 Å². The smallest absolute Gasteiger partial charge is 0.243 e. The van der Waals surface area contributed by atoms with E-state index in [2.05, 4.69) is 24.1 Å². The summed E-state index contributed by atoms with van der Waals surface area (Å²) in [5.41, 5.74) is 3.36. The van der Waals surface area contributed by atoms with Crippen molar-refractivity contribution in [2.24, 2.45) is 5.92 Å². The van der Waals surface area contributed by atoms with E-state index in [-0.39, 0.29) is 18.5 Å². The molecule has 2 fully saturated rings. The number of ether oxygens (including phenoxy) is 1. The van der Waals surface area contributed by atoms with E-state index in [9.17, 15) is 13.2 Å². The van der Waals surface area contributed by atoms with Gasteiger partial charge >= 0.3 is 0 Å². The first-order valence-corrected chi connectivity index (χ1v) is 14.7. The van der Waals surface area contributed by atoms with Crippen LogP contribution in [-0.2, 0) is 19.6 Å². The Bertz CT molecular complexity index is 1210. The van der Waals surface area contributed by atoms with Crippen molar-refractivity contribution in [1.82, 2.24) is 9.21 Å². The highest BCUT2D eigenvalue weighted by atomic mass is 32.2. The van der Waals surface area contributed by atoms with Crippen LogP contribution in [0.25, 0.3) is 0 Å². The third-order valence-corrected chi connectivity index (χ3v) is 9.37. The van der Waals surface area contributed by atoms with E-state index in [0.29, 0.717) is 30.5 Å². The molecular formula is C29H41N3O4S. The van der Waals surface area contributed by atoms with Crippen molar-refractivity contribution < 1.29 is 17.9 Å². The maximum absolute atomic E-state index is 13.8. The first kappa shape index (κ1) is 27.8. The minimum Gasteiger partial charge on any atom is -0.371 e. The van der Waals surface area contributed by atoms with Gasteiger partial charge in [-0.25, -0.2) is 8.42 Å². The lowest BCUT2D eigenvalue weighted by atomic mass is 9.89. The normalized spacial score (nSPS) is 23.5. The minimum atomic E-state index is -3.68. The van der Waals surface area contributed by atoms with Crippen LogP contribution in [0.4, 0.5) is 5.69 Å². The molecular weight excluding hydrogens is 486 g/mol. The predicted molar refractivity (Wildman–Crippen MR) is 147 cm³/mol. The molecule has 0 aliphatic carbocycles. The zero-order chi connectivity index (χ0) is 26.8. The molecule has 2 saturated heterocycles. The third kappa shape index (κ3) is 6.60. The Balaban J connectivity index is 1.51. The second-order valence-corrected chi connectivity index (χ2v) is 13.2. The zero-order valence-electron chi connectivity index (χ0n) is 22.8. The standard InChI is InChI=1S/C29H41N3O4S/c1-21(2)15-25-18-36-29(20-32(25)37(34,35)26-11-8-22(3)9-12-26)13-6-14-31(19-29)17-28(33)30-27-16-23(4)7-10-24(27)5/h7-12,16,21,25H,6,13-15,17-20H2,1-5H3,(H,30,33)/t25-,29+/m0/s1. The molecule has 0 unspecified atom stereocenters. The van der Waals surface area contributed by atoms with Crippen molar-refractivity contribution in [1.29, 1.82) is 0 Å². The van der Waals surface area contributed by atoms with Crippen LogP contribution in [0.2, 0.25) is 0 Å². The molecule has 2 heterocycles. The molecule has 2 aliphatic heterocycles. The molecule has 202 valence electrons. The Labute approximate surface area is 222 Å². The maximum Gasteiger partial charge on any atom is 0.243 e. The molecule has 1 amide bonds. The number of nitrogens with one attached hydrogen (secondary N) is 1. The largest absolute Gasteiger partial charge is 0.371 e. The average molecular weight is 528 g/mol. The van der Waals surface area contributed by atoms with Gasteiger partial charge in [0.05, 0.1) is 23.6 Å². The van der Waals surface area contributed by atoms with E-state index in [1.807, 2.05) is 51.1 Å². The Hall–Kier alpha value is -2.26. The molecule has 0 saturated carbocycles. The van der Waals surface area contributed by atoms with E-state index in [1.54, 1.807) is 16.4 Å². The van der Waals surface area contributed by atoms with E-state index in [0.717, 1.165) is 48.2 Å². The van der Waals surface area contributed by atoms with E-state index >= 15 is 0 Å². The zero-order valence-corrected chi connectivity index (χ0v) is 23.6. The summed E-state index contributed by atoms with van der Waals surface area (Å²) >= 11 is 0. The van der Waals surface area contributed by atoms with Crippen LogP contribution in [0.5, 0.6) is 0 Å². The van der Waals surface area contributed by atoms with Crippen LogP contribution in [0.1, 0.15) is 49.8 Å². The van der Waals surface area contributed by atoms with Crippen molar-refractivity contribution in [2.75, 3.05) is 38.1 Å². The quantitative estimate of drug-likeness (QED) is 0.573. The van der Waals surface area contributed by atoms with Gasteiger partial charge in [-0.2, -0.15) is 4.31 Å². The van der Waals surface area contributed by atoms with Gasteiger partial charge < -0.3 is 10.1 Å². The summed E-state index contributed by atoms with van der Waals surface area (Å²) in [7, 11) is -3.68. The maximum atomic E-state index is 13.8. The minimum absolute atomic E-state index is 0.0663. The van der Waals surface area contributed by atoms with E-state index < -0.39 is 15.6 Å². The topological polar surface area (TPSA) is 79.0 Å². The van der Waals surface area contributed by atoms with Crippen molar-refractivity contribution in [3.8, 4) is 0 Å². The van der Waals surface area contributed by atoms with Gasteiger partial charge in [0, 0.05) is 24.8 Å². The van der Waals surface area contributed by atoms with Crippen molar-refractivity contribution in [3.05, 3.63) is 59.2 Å². The first-order valence-electron chi connectivity index (χ1n) is 13.3. The van der Waals surface area contributed by atoms with Crippen LogP contribution in [0, 0.1) is 26.7 Å². The number of rotatable bonds is 7. The van der Waals surface area contributed by atoms with Crippen LogP contribution >= 0.6 is 0 Å². The number of piperidine rings is 1. The van der Waals surface area contributed by atoms with Crippen LogP contribution < -0.4 is 5.32 Å². The molecule has 4 rings (SSSR count). The van der Waals surface area contributed by atoms with Crippen molar-refractivity contribution in [3.63, 3.8) is 0 Å². The number of nitrogens with zero attached hydrogens (tertiary/aromatic N) is 2. The average Bonchev–Trinajstić information content (AvgIpc) is 2.83. The summed E-state index contributed by atoms with van der Waals surface area (Å²) in [4.78, 5) is 15.3. The molecule has 0 radical (unpaired) electrons. The number of amides is 1. The number of hydrogen-bond acceptors (Lipinski definition) is 5. The SMILES string of the molecule is Cc1ccc(S(=O)(=O)N2C[C@]3(CCCN(CC(=O)Nc4cc(C)ccc4C)C3)OC[C@@H]2CC(C)C)cc1. The predicted octanol–water partition coefficient (Wildman–Crippen LogP) is 4.52. The molecule has 2 aromatic carbocycles. The lowest BCUT2D eigenvalue weighted by molar-refractivity contribution is -0.146. The Morgan fingerprint density at radius 1 is 1.08 bits per heavy atom. The highest BCUT2D eigenvalue weighted by Crippen LogP contribution is 2.35. The Morgan fingerprint density at radius 3 is 2.49 bits per heavy atom. The molecule has 1 N–H and O–H groups in total. The van der Waals surface area contributed by atoms with Crippen LogP contribution in [0.3, 0.4) is 0 Å². The van der Waals surface area contributed by atoms with E-state index in [4.69, 9.17) is 4.74 Å². The fourth-order valence-corrected chi connectivity index (χ4v) is 7.20. The number of hydrogen-bond donors (Lipinski definition) is 1. The van der Waals surface area contributed by atoms with E-state index in [1.165, 1.54) is 0 Å². The molecule has 0 aromatic heterocycles. The molecule has 2 aromatic rings. The summed E-state index contributed by atoms with van der Waals surface area (Å²) in [5, 5.41) is 3.05. The number of carbonyl (C=O) groups excluding carboxylic acids is 1. The second kappa shape index (κ2) is 11.2. The second-order valence-electron chi connectivity index (χ2n) is 11.3. The van der Waals surface area contributed by atoms with Crippen molar-refractivity contribution >= 4 is 21.6 Å². The lowest BCUT2D eigenvalue weighted by Gasteiger charge is -2.50. The number of carbonyl (C=O) groups is 1. The lowest BCUT2D eigenvalue weighted by Crippen LogP contribution is -2.64. The monoisotopic (exact) mass is 527 g/mol. The molecule has 2 atom stereocenters. The van der Waals surface area contributed by atoms with Crippen LogP contribution in [0.15, 0.2) is 47.4 Å². The summed E-state index contributed by atoms with van der Waals surface area (Å²) in [6, 6.07) is 12.9. The van der Waals surface area contributed by atoms with Gasteiger partial charge in [-0.3, -0.25) is 9.69 Å². The van der Waals surface area contributed by atoms with Crippen LogP contribution in [-0.4, -0.2) is 68.0 Å². The number of anilines is 1. The molecule has 1 spiro atoms. The highest BCUT2D eigenvalue weighted by molar-refractivity contribution is 7.89. The molecule has 8 heteroatoms. The number of benzene rings is 2. The van der Waals surface area contributed by atoms with Gasteiger partial charge in [-0.1, -0.05) is 43.7 Å². The Kier molecular flexibility index (Phi) is 8.43. The van der Waals surface area contributed by atoms with Gasteiger partial charge in [0.1, 0.15) is 0 Å². The number of likely N-dealkylation sites (tertiary alicyclic amines) is 1. The summed E-state index contributed by atoms with van der Waals surface area (Å²) in [6.45, 7) is 12.4. The summed E-state index contributed by atoms with van der Waals surface area (Å²) < 4.78 is 35.8. The summed E-state index contributed by atoms with van der Waals surface area (Å²) in [5.74, 6) is 0.276. The van der Waals surface area contributed by atoms with Gasteiger partial charge in [-0.15, -0.1) is 0 Å². The molecule has 37 heavy (non-hydrogen) atoms. The summed E-state index contributed by atoms with van der Waals surface area (Å²) in [6.07, 6.45) is 2.36. The Morgan fingerprint density at radius 2 is 1.78 bits per heavy atom. The number of aryl methyl sites for hydroxylation is 3.